The first-order valence-electron chi connectivity index (χ1n) is 6.40. The van der Waals surface area contributed by atoms with Gasteiger partial charge in [0.15, 0.2) is 0 Å². The standard InChI is InChI=1S/C13H25NO/c1-4-13-8-6-5-7-9-14(13)11(2)10-12(3)15/h11,13H,4-10H2,1-3H3. The van der Waals surface area contributed by atoms with E-state index in [1.165, 1.54) is 38.6 Å². The van der Waals surface area contributed by atoms with Crippen molar-refractivity contribution in [3.8, 4) is 0 Å². The first kappa shape index (κ1) is 12.7. The largest absolute Gasteiger partial charge is 0.300 e. The van der Waals surface area contributed by atoms with Gasteiger partial charge in [0.1, 0.15) is 5.78 Å². The molecule has 15 heavy (non-hydrogen) atoms. The van der Waals surface area contributed by atoms with Crippen LogP contribution in [0, 0.1) is 0 Å². The zero-order valence-electron chi connectivity index (χ0n) is 10.5. The number of hydrogen-bond acceptors (Lipinski definition) is 2. The highest BCUT2D eigenvalue weighted by atomic mass is 16.1. The molecule has 0 saturated carbocycles. The van der Waals surface area contributed by atoms with Crippen molar-refractivity contribution in [2.24, 2.45) is 0 Å². The molecule has 2 unspecified atom stereocenters. The Bertz CT molecular complexity index is 203. The summed E-state index contributed by atoms with van der Waals surface area (Å²) in [6.07, 6.45) is 7.29. The van der Waals surface area contributed by atoms with Crippen molar-refractivity contribution in [1.29, 1.82) is 0 Å². The van der Waals surface area contributed by atoms with Crippen LogP contribution in [-0.4, -0.2) is 29.3 Å². The number of rotatable bonds is 4. The van der Waals surface area contributed by atoms with Crippen molar-refractivity contribution in [1.82, 2.24) is 4.90 Å². The SMILES string of the molecule is CCC1CCCCCN1C(C)CC(C)=O. The third kappa shape index (κ3) is 3.94. The Labute approximate surface area is 94.0 Å². The Kier molecular flexibility index (Phi) is 5.30. The zero-order chi connectivity index (χ0) is 11.3. The van der Waals surface area contributed by atoms with E-state index in [4.69, 9.17) is 0 Å². The topological polar surface area (TPSA) is 20.3 Å². The first-order chi connectivity index (χ1) is 7.15. The Morgan fingerprint density at radius 2 is 2.13 bits per heavy atom. The van der Waals surface area contributed by atoms with Crippen LogP contribution >= 0.6 is 0 Å². The van der Waals surface area contributed by atoms with Gasteiger partial charge in [-0.05, 0) is 39.7 Å². The third-order valence-electron chi connectivity index (χ3n) is 3.54. The Hall–Kier alpha value is -0.370. The zero-order valence-corrected chi connectivity index (χ0v) is 10.5. The summed E-state index contributed by atoms with van der Waals surface area (Å²) >= 11 is 0. The van der Waals surface area contributed by atoms with Gasteiger partial charge < -0.3 is 0 Å². The van der Waals surface area contributed by atoms with Crippen molar-refractivity contribution in [2.45, 2.75) is 71.4 Å². The highest BCUT2D eigenvalue weighted by molar-refractivity contribution is 5.76. The van der Waals surface area contributed by atoms with Crippen LogP contribution in [-0.2, 0) is 4.79 Å². The first-order valence-corrected chi connectivity index (χ1v) is 6.40. The van der Waals surface area contributed by atoms with Crippen molar-refractivity contribution in [2.75, 3.05) is 6.54 Å². The van der Waals surface area contributed by atoms with Gasteiger partial charge in [0.25, 0.3) is 0 Å². The average molecular weight is 211 g/mol. The quantitative estimate of drug-likeness (QED) is 0.712. The lowest BCUT2D eigenvalue weighted by molar-refractivity contribution is -0.118. The molecule has 2 atom stereocenters. The predicted molar refractivity (Wildman–Crippen MR) is 64.0 cm³/mol. The minimum atomic E-state index is 0.321. The van der Waals surface area contributed by atoms with E-state index in [9.17, 15) is 4.79 Å². The Balaban J connectivity index is 2.56. The summed E-state index contributed by atoms with van der Waals surface area (Å²) in [5.74, 6) is 0.321. The van der Waals surface area contributed by atoms with Crippen LogP contribution in [0.2, 0.25) is 0 Å². The minimum absolute atomic E-state index is 0.321. The second-order valence-electron chi connectivity index (χ2n) is 4.90. The Morgan fingerprint density at radius 1 is 1.40 bits per heavy atom. The fraction of sp³-hybridized carbons (Fsp3) is 0.923. The second kappa shape index (κ2) is 6.26. The van der Waals surface area contributed by atoms with Crippen LogP contribution in [0.3, 0.4) is 0 Å². The van der Waals surface area contributed by atoms with E-state index in [2.05, 4.69) is 18.7 Å². The van der Waals surface area contributed by atoms with E-state index in [0.717, 1.165) is 6.42 Å². The van der Waals surface area contributed by atoms with Crippen LogP contribution in [0.5, 0.6) is 0 Å². The normalized spacial score (nSPS) is 25.9. The summed E-state index contributed by atoms with van der Waals surface area (Å²) in [7, 11) is 0. The van der Waals surface area contributed by atoms with Crippen LogP contribution in [0.4, 0.5) is 0 Å². The molecule has 1 heterocycles. The summed E-state index contributed by atoms with van der Waals surface area (Å²) in [4.78, 5) is 13.7. The lowest BCUT2D eigenvalue weighted by Gasteiger charge is -2.34. The molecule has 1 aliphatic heterocycles. The van der Waals surface area contributed by atoms with E-state index in [1.807, 2.05) is 0 Å². The van der Waals surface area contributed by atoms with Gasteiger partial charge in [0.2, 0.25) is 0 Å². The summed E-state index contributed by atoms with van der Waals surface area (Å²) in [5.41, 5.74) is 0. The maximum atomic E-state index is 11.2. The molecule has 0 aromatic rings. The smallest absolute Gasteiger partial charge is 0.131 e. The van der Waals surface area contributed by atoms with E-state index in [0.29, 0.717) is 17.9 Å². The maximum absolute atomic E-state index is 11.2. The molecule has 0 amide bonds. The van der Waals surface area contributed by atoms with Gasteiger partial charge in [-0.2, -0.15) is 0 Å². The molecule has 0 aliphatic carbocycles. The molecule has 88 valence electrons. The molecule has 1 saturated heterocycles. The van der Waals surface area contributed by atoms with Gasteiger partial charge in [0, 0.05) is 18.5 Å². The van der Waals surface area contributed by atoms with E-state index < -0.39 is 0 Å². The summed E-state index contributed by atoms with van der Waals surface area (Å²) in [6, 6.07) is 1.15. The lowest BCUT2D eigenvalue weighted by atomic mass is 10.0. The third-order valence-corrected chi connectivity index (χ3v) is 3.54. The molecule has 1 fully saturated rings. The fourth-order valence-electron chi connectivity index (χ4n) is 2.75. The van der Waals surface area contributed by atoms with Crippen molar-refractivity contribution in [3.63, 3.8) is 0 Å². The molecular formula is C13H25NO. The van der Waals surface area contributed by atoms with Crippen LogP contribution in [0.1, 0.15) is 59.3 Å². The number of Topliss-reactive ketones (excluding diaryl/α,β-unsaturated/α-hetero) is 1. The highest BCUT2D eigenvalue weighted by Gasteiger charge is 2.24. The molecular weight excluding hydrogens is 186 g/mol. The molecule has 0 radical (unpaired) electrons. The number of hydrogen-bond donors (Lipinski definition) is 0. The number of carbonyl (C=O) groups excluding carboxylic acids is 1. The van der Waals surface area contributed by atoms with Gasteiger partial charge in [-0.15, -0.1) is 0 Å². The van der Waals surface area contributed by atoms with E-state index in [1.54, 1.807) is 6.92 Å². The molecule has 0 bridgehead atoms. The average Bonchev–Trinajstić information content (AvgIpc) is 2.40. The molecule has 1 rings (SSSR count). The number of likely N-dealkylation sites (tertiary alicyclic amines) is 1. The monoisotopic (exact) mass is 211 g/mol. The molecule has 0 aromatic heterocycles. The fourth-order valence-corrected chi connectivity index (χ4v) is 2.75. The van der Waals surface area contributed by atoms with Crippen molar-refractivity contribution in [3.05, 3.63) is 0 Å². The van der Waals surface area contributed by atoms with Crippen molar-refractivity contribution < 1.29 is 4.79 Å². The molecule has 2 nitrogen and oxygen atoms in total. The summed E-state index contributed by atoms with van der Waals surface area (Å²) in [5, 5.41) is 0. The molecule has 0 aromatic carbocycles. The van der Waals surface area contributed by atoms with E-state index >= 15 is 0 Å². The van der Waals surface area contributed by atoms with Gasteiger partial charge in [-0.25, -0.2) is 0 Å². The maximum Gasteiger partial charge on any atom is 0.131 e. The van der Waals surface area contributed by atoms with E-state index in [-0.39, 0.29) is 0 Å². The van der Waals surface area contributed by atoms with Gasteiger partial charge >= 0.3 is 0 Å². The number of nitrogens with zero attached hydrogens (tertiary/aromatic N) is 1. The second-order valence-corrected chi connectivity index (χ2v) is 4.90. The van der Waals surface area contributed by atoms with Crippen LogP contribution in [0.15, 0.2) is 0 Å². The molecule has 0 spiro atoms. The molecule has 0 N–H and O–H groups in total. The van der Waals surface area contributed by atoms with Gasteiger partial charge in [-0.3, -0.25) is 9.69 Å². The van der Waals surface area contributed by atoms with Gasteiger partial charge in [-0.1, -0.05) is 19.8 Å². The predicted octanol–water partition coefficient (Wildman–Crippen LogP) is 3.01. The van der Waals surface area contributed by atoms with Crippen LogP contribution in [0.25, 0.3) is 0 Å². The molecule has 2 heteroatoms. The van der Waals surface area contributed by atoms with Gasteiger partial charge in [0.05, 0.1) is 0 Å². The lowest BCUT2D eigenvalue weighted by Crippen LogP contribution is -2.42. The molecule has 1 aliphatic rings. The van der Waals surface area contributed by atoms with Crippen molar-refractivity contribution >= 4 is 5.78 Å². The number of carbonyl (C=O) groups is 1. The summed E-state index contributed by atoms with van der Waals surface area (Å²) in [6.45, 7) is 7.36. The minimum Gasteiger partial charge on any atom is -0.300 e. The van der Waals surface area contributed by atoms with Crippen LogP contribution < -0.4 is 0 Å². The number of ketones is 1. The summed E-state index contributed by atoms with van der Waals surface area (Å²) < 4.78 is 0. The highest BCUT2D eigenvalue weighted by Crippen LogP contribution is 2.22. The Morgan fingerprint density at radius 3 is 2.73 bits per heavy atom.